The van der Waals surface area contributed by atoms with E-state index in [1.807, 2.05) is 42.5 Å². The van der Waals surface area contributed by atoms with Gasteiger partial charge in [0.2, 0.25) is 5.75 Å². The van der Waals surface area contributed by atoms with Gasteiger partial charge in [-0.05, 0) is 29.8 Å². The molecule has 0 aliphatic heterocycles. The minimum absolute atomic E-state index is 0.527. The number of para-hydroxylation sites is 1. The molecule has 4 rings (SSSR count). The van der Waals surface area contributed by atoms with Crippen molar-refractivity contribution < 1.29 is 18.9 Å². The highest BCUT2D eigenvalue weighted by atomic mass is 16.5. The first-order valence-electron chi connectivity index (χ1n) is 9.69. The van der Waals surface area contributed by atoms with Crippen molar-refractivity contribution in [2.75, 3.05) is 33.8 Å². The van der Waals surface area contributed by atoms with Gasteiger partial charge in [0.05, 0.1) is 40.2 Å². The fraction of sp³-hybridized carbons (Fsp3) is 0.217. The van der Waals surface area contributed by atoms with Crippen molar-refractivity contribution in [3.63, 3.8) is 0 Å². The monoisotopic (exact) mass is 420 g/mol. The zero-order valence-corrected chi connectivity index (χ0v) is 17.9. The maximum atomic E-state index is 5.50. The highest BCUT2D eigenvalue weighted by Crippen LogP contribution is 2.38. The molecule has 0 bridgehead atoms. The smallest absolute Gasteiger partial charge is 0.203 e. The van der Waals surface area contributed by atoms with Crippen LogP contribution in [0.15, 0.2) is 54.9 Å². The van der Waals surface area contributed by atoms with Crippen molar-refractivity contribution >= 4 is 11.5 Å². The Balaban J connectivity index is 1.66. The van der Waals surface area contributed by atoms with Gasteiger partial charge >= 0.3 is 0 Å². The van der Waals surface area contributed by atoms with E-state index in [1.165, 1.54) is 0 Å². The van der Waals surface area contributed by atoms with Crippen LogP contribution in [0.25, 0.3) is 16.8 Å². The number of nitrogens with zero attached hydrogens (tertiary/aromatic N) is 3. The van der Waals surface area contributed by atoms with Crippen LogP contribution in [0, 0.1) is 0 Å². The molecule has 0 saturated heterocycles. The van der Waals surface area contributed by atoms with Gasteiger partial charge in [-0.1, -0.05) is 18.2 Å². The van der Waals surface area contributed by atoms with Gasteiger partial charge in [0.25, 0.3) is 0 Å². The number of nitrogens with one attached hydrogen (secondary N) is 1. The summed E-state index contributed by atoms with van der Waals surface area (Å²) in [6.07, 6.45) is 3.55. The van der Waals surface area contributed by atoms with Crippen LogP contribution < -0.4 is 24.3 Å². The van der Waals surface area contributed by atoms with Crippen LogP contribution >= 0.6 is 0 Å². The normalized spacial score (nSPS) is 10.7. The molecule has 0 radical (unpaired) electrons. The Bertz CT molecular complexity index is 1180. The highest BCUT2D eigenvalue weighted by molar-refractivity contribution is 5.81. The minimum Gasteiger partial charge on any atom is -0.496 e. The van der Waals surface area contributed by atoms with E-state index in [2.05, 4.69) is 15.4 Å². The van der Waals surface area contributed by atoms with Crippen LogP contribution in [-0.2, 0) is 6.54 Å². The fourth-order valence-corrected chi connectivity index (χ4v) is 3.51. The molecule has 2 heterocycles. The second-order valence-electron chi connectivity index (χ2n) is 6.71. The van der Waals surface area contributed by atoms with Crippen molar-refractivity contribution in [2.24, 2.45) is 0 Å². The van der Waals surface area contributed by atoms with E-state index in [0.717, 1.165) is 33.9 Å². The molecule has 1 N–H and O–H groups in total. The van der Waals surface area contributed by atoms with Crippen molar-refractivity contribution in [3.05, 3.63) is 60.4 Å². The zero-order valence-electron chi connectivity index (χ0n) is 17.9. The standard InChI is InChI=1S/C23H24N4O4/c1-28-18-8-6-5-7-16(18)17-14-26-27-21(9-10-24-23(17)27)25-13-15-11-19(29-2)22(31-4)20(12-15)30-3/h5-12,14,25H,13H2,1-4H3. The summed E-state index contributed by atoms with van der Waals surface area (Å²) in [5, 5.41) is 7.96. The van der Waals surface area contributed by atoms with E-state index in [4.69, 9.17) is 18.9 Å². The molecule has 31 heavy (non-hydrogen) atoms. The van der Waals surface area contributed by atoms with Gasteiger partial charge in [-0.2, -0.15) is 9.61 Å². The molecule has 0 amide bonds. The number of fused-ring (bicyclic) bond motifs is 1. The van der Waals surface area contributed by atoms with Gasteiger partial charge in [-0.25, -0.2) is 4.98 Å². The molecule has 4 aromatic rings. The second kappa shape index (κ2) is 8.83. The number of anilines is 1. The largest absolute Gasteiger partial charge is 0.496 e. The number of ether oxygens (including phenoxy) is 4. The Morgan fingerprint density at radius 3 is 2.23 bits per heavy atom. The average molecular weight is 420 g/mol. The fourth-order valence-electron chi connectivity index (χ4n) is 3.51. The van der Waals surface area contributed by atoms with Crippen LogP contribution in [0.4, 0.5) is 5.82 Å². The summed E-state index contributed by atoms with van der Waals surface area (Å²) in [7, 11) is 6.44. The SMILES string of the molecule is COc1ccccc1-c1cnn2c(NCc3cc(OC)c(OC)c(OC)c3)ccnc12. The van der Waals surface area contributed by atoms with Gasteiger partial charge < -0.3 is 24.3 Å². The number of rotatable bonds is 8. The molecule has 0 unspecified atom stereocenters. The van der Waals surface area contributed by atoms with E-state index in [0.29, 0.717) is 23.8 Å². The Kier molecular flexibility index (Phi) is 5.79. The van der Waals surface area contributed by atoms with Gasteiger partial charge in [-0.15, -0.1) is 0 Å². The van der Waals surface area contributed by atoms with E-state index in [-0.39, 0.29) is 0 Å². The Morgan fingerprint density at radius 1 is 0.839 bits per heavy atom. The third-order valence-electron chi connectivity index (χ3n) is 5.00. The third kappa shape index (κ3) is 3.79. The first kappa shape index (κ1) is 20.3. The van der Waals surface area contributed by atoms with Gasteiger partial charge in [0.1, 0.15) is 11.6 Å². The van der Waals surface area contributed by atoms with E-state index in [9.17, 15) is 0 Å². The number of methoxy groups -OCH3 is 4. The van der Waals surface area contributed by atoms with E-state index < -0.39 is 0 Å². The van der Waals surface area contributed by atoms with Crippen LogP contribution in [-0.4, -0.2) is 43.0 Å². The summed E-state index contributed by atoms with van der Waals surface area (Å²) in [5.74, 6) is 3.36. The van der Waals surface area contributed by atoms with Crippen LogP contribution in [0.2, 0.25) is 0 Å². The lowest BCUT2D eigenvalue weighted by Crippen LogP contribution is -2.06. The first-order valence-corrected chi connectivity index (χ1v) is 9.69. The Labute approximate surface area is 180 Å². The Morgan fingerprint density at radius 2 is 1.55 bits per heavy atom. The van der Waals surface area contributed by atoms with Gasteiger partial charge in [-0.3, -0.25) is 0 Å². The number of hydrogen-bond donors (Lipinski definition) is 1. The quantitative estimate of drug-likeness (QED) is 0.461. The molecule has 0 atom stereocenters. The molecule has 8 nitrogen and oxygen atoms in total. The molecular formula is C23H24N4O4. The molecule has 0 aliphatic carbocycles. The van der Waals surface area contributed by atoms with E-state index >= 15 is 0 Å². The lowest BCUT2D eigenvalue weighted by atomic mass is 10.1. The second-order valence-corrected chi connectivity index (χ2v) is 6.71. The molecule has 2 aromatic carbocycles. The molecular weight excluding hydrogens is 396 g/mol. The summed E-state index contributed by atoms with van der Waals surface area (Å²) < 4.78 is 23.6. The van der Waals surface area contributed by atoms with Crippen LogP contribution in [0.5, 0.6) is 23.0 Å². The summed E-state index contributed by atoms with van der Waals surface area (Å²) in [5.41, 5.74) is 3.54. The maximum absolute atomic E-state index is 5.50. The van der Waals surface area contributed by atoms with Crippen molar-refractivity contribution in [1.82, 2.24) is 14.6 Å². The average Bonchev–Trinajstić information content (AvgIpc) is 3.26. The molecule has 0 spiro atoms. The van der Waals surface area contributed by atoms with Gasteiger partial charge in [0, 0.05) is 18.3 Å². The summed E-state index contributed by atoms with van der Waals surface area (Å²) in [6, 6.07) is 13.5. The van der Waals surface area contributed by atoms with Crippen molar-refractivity contribution in [1.29, 1.82) is 0 Å². The number of aromatic nitrogens is 3. The Hall–Kier alpha value is -3.94. The van der Waals surface area contributed by atoms with Crippen LogP contribution in [0.1, 0.15) is 5.56 Å². The molecule has 0 fully saturated rings. The lowest BCUT2D eigenvalue weighted by Gasteiger charge is -2.15. The molecule has 0 saturated carbocycles. The third-order valence-corrected chi connectivity index (χ3v) is 5.00. The topological polar surface area (TPSA) is 79.1 Å². The van der Waals surface area contributed by atoms with Crippen molar-refractivity contribution in [2.45, 2.75) is 6.54 Å². The lowest BCUT2D eigenvalue weighted by molar-refractivity contribution is 0.324. The van der Waals surface area contributed by atoms with Gasteiger partial charge in [0.15, 0.2) is 17.1 Å². The number of hydrogen-bond acceptors (Lipinski definition) is 7. The predicted octanol–water partition coefficient (Wildman–Crippen LogP) is 4.04. The van der Waals surface area contributed by atoms with E-state index in [1.54, 1.807) is 45.3 Å². The molecule has 8 heteroatoms. The molecule has 0 aliphatic rings. The summed E-state index contributed by atoms with van der Waals surface area (Å²) in [4.78, 5) is 4.53. The highest BCUT2D eigenvalue weighted by Gasteiger charge is 2.15. The molecule has 160 valence electrons. The zero-order chi connectivity index (χ0) is 21.8. The van der Waals surface area contributed by atoms with Crippen LogP contribution in [0.3, 0.4) is 0 Å². The predicted molar refractivity (Wildman–Crippen MR) is 118 cm³/mol. The maximum Gasteiger partial charge on any atom is 0.203 e. The first-order chi connectivity index (χ1) is 15.2. The van der Waals surface area contributed by atoms with Crippen molar-refractivity contribution in [3.8, 4) is 34.1 Å². The number of benzene rings is 2. The summed E-state index contributed by atoms with van der Waals surface area (Å²) >= 11 is 0. The molecule has 2 aromatic heterocycles. The summed E-state index contributed by atoms with van der Waals surface area (Å²) in [6.45, 7) is 0.527. The minimum atomic E-state index is 0.527.